The van der Waals surface area contributed by atoms with Crippen LogP contribution in [-0.2, 0) is 9.53 Å². The molecule has 0 aromatic carbocycles. The number of hydrogen-bond acceptors (Lipinski definition) is 2. The summed E-state index contributed by atoms with van der Waals surface area (Å²) in [5, 5.41) is 0. The van der Waals surface area contributed by atoms with E-state index in [1.54, 1.807) is 6.92 Å². The summed E-state index contributed by atoms with van der Waals surface area (Å²) in [7, 11) is 0. The van der Waals surface area contributed by atoms with Gasteiger partial charge in [0, 0.05) is 6.42 Å². The van der Waals surface area contributed by atoms with Crippen molar-refractivity contribution in [3.63, 3.8) is 0 Å². The van der Waals surface area contributed by atoms with Crippen LogP contribution < -0.4 is 0 Å². The average Bonchev–Trinajstić information content (AvgIpc) is 1.87. The zero-order valence-electron chi connectivity index (χ0n) is 6.40. The summed E-state index contributed by atoms with van der Waals surface area (Å²) < 4.78 is 16.7. The molecule has 0 aliphatic carbocycles. The van der Waals surface area contributed by atoms with E-state index in [0.717, 1.165) is 0 Å². The summed E-state index contributed by atoms with van der Waals surface area (Å²) in [6.45, 7) is 4.32. The molecule has 0 saturated heterocycles. The van der Waals surface area contributed by atoms with Crippen molar-refractivity contribution in [1.82, 2.24) is 0 Å². The van der Waals surface area contributed by atoms with Gasteiger partial charge in [0.25, 0.3) is 0 Å². The number of allylic oxidation sites excluding steroid dienone is 2. The number of carbonyl (C=O) groups is 1. The maximum Gasteiger partial charge on any atom is 0.310 e. The van der Waals surface area contributed by atoms with E-state index >= 15 is 0 Å². The van der Waals surface area contributed by atoms with Gasteiger partial charge in [-0.3, -0.25) is 4.79 Å². The third-order valence-corrected chi connectivity index (χ3v) is 1.04. The fourth-order valence-electron chi connectivity index (χ4n) is 0.313. The highest BCUT2D eigenvalue weighted by Gasteiger charge is 2.01. The number of hydrogen-bond donors (Lipinski definition) is 0. The third kappa shape index (κ3) is 3.22. The average molecular weight is 146 g/mol. The zero-order valence-corrected chi connectivity index (χ0v) is 6.40. The molecule has 0 N–H and O–H groups in total. The molecule has 0 unspecified atom stereocenters. The maximum absolute atomic E-state index is 12.2. The summed E-state index contributed by atoms with van der Waals surface area (Å²) >= 11 is 0. The predicted octanol–water partition coefficient (Wildman–Crippen LogP) is 2.16. The van der Waals surface area contributed by atoms with Crippen LogP contribution in [0.25, 0.3) is 0 Å². The predicted molar refractivity (Wildman–Crippen MR) is 35.9 cm³/mol. The van der Waals surface area contributed by atoms with Crippen molar-refractivity contribution in [3.8, 4) is 0 Å². The molecule has 0 aliphatic heterocycles. The summed E-state index contributed by atoms with van der Waals surface area (Å²) in [4.78, 5) is 10.5. The molecule has 0 rings (SSSR count). The van der Waals surface area contributed by atoms with Gasteiger partial charge >= 0.3 is 5.97 Å². The summed E-state index contributed by atoms with van der Waals surface area (Å²) in [6, 6.07) is 0. The molecule has 3 heteroatoms. The molecule has 58 valence electrons. The van der Waals surface area contributed by atoms with E-state index in [4.69, 9.17) is 0 Å². The first-order valence-electron chi connectivity index (χ1n) is 3.11. The molecule has 0 spiro atoms. The first kappa shape index (κ1) is 9.14. The van der Waals surface area contributed by atoms with Crippen molar-refractivity contribution in [2.24, 2.45) is 0 Å². The first-order valence-corrected chi connectivity index (χ1v) is 3.11. The highest BCUT2D eigenvalue weighted by Crippen LogP contribution is 2.06. The minimum Gasteiger partial charge on any atom is -0.429 e. The Labute approximate surface area is 59.7 Å². The lowest BCUT2D eigenvalue weighted by atomic mass is 10.4. The second-order valence-corrected chi connectivity index (χ2v) is 1.92. The minimum absolute atomic E-state index is 0.0480. The van der Waals surface area contributed by atoms with Gasteiger partial charge in [0.1, 0.15) is 11.6 Å². The molecule has 2 nitrogen and oxygen atoms in total. The van der Waals surface area contributed by atoms with Crippen LogP contribution in [0.1, 0.15) is 27.2 Å². The molecule has 0 fully saturated rings. The normalized spacial score (nSPS) is 12.4. The summed E-state index contributed by atoms with van der Waals surface area (Å²) in [6.07, 6.45) is 0.268. The maximum atomic E-state index is 12.2. The van der Waals surface area contributed by atoms with Gasteiger partial charge in [-0.25, -0.2) is 4.39 Å². The number of carbonyl (C=O) groups excluding carboxylic acids is 1. The van der Waals surface area contributed by atoms with Crippen LogP contribution >= 0.6 is 0 Å². The van der Waals surface area contributed by atoms with E-state index in [0.29, 0.717) is 0 Å². The van der Waals surface area contributed by atoms with Crippen molar-refractivity contribution in [1.29, 1.82) is 0 Å². The Morgan fingerprint density at radius 3 is 2.30 bits per heavy atom. The third-order valence-electron chi connectivity index (χ3n) is 1.04. The Balaban J connectivity index is 3.92. The van der Waals surface area contributed by atoms with Crippen LogP contribution in [0.15, 0.2) is 11.6 Å². The van der Waals surface area contributed by atoms with E-state index in [1.807, 2.05) is 0 Å². The second kappa shape index (κ2) is 4.04. The molecule has 0 heterocycles. The molecule has 0 bridgehead atoms. The van der Waals surface area contributed by atoms with Crippen molar-refractivity contribution >= 4 is 5.97 Å². The van der Waals surface area contributed by atoms with Crippen LogP contribution in [0.2, 0.25) is 0 Å². The number of ether oxygens (including phenoxy) is 1. The van der Waals surface area contributed by atoms with Gasteiger partial charge in [-0.2, -0.15) is 0 Å². The van der Waals surface area contributed by atoms with E-state index < -0.39 is 11.8 Å². The van der Waals surface area contributed by atoms with Crippen LogP contribution in [0.3, 0.4) is 0 Å². The van der Waals surface area contributed by atoms with Gasteiger partial charge in [-0.1, -0.05) is 6.92 Å². The molecule has 0 radical (unpaired) electrons. The van der Waals surface area contributed by atoms with Crippen molar-refractivity contribution in [2.75, 3.05) is 0 Å². The molecular weight excluding hydrogens is 135 g/mol. The Kier molecular flexibility index (Phi) is 3.69. The standard InChI is InChI=1S/C7H11FO2/c1-4-7(9)10-6(3)5(2)8/h4H2,1-3H3/b6-5+. The van der Waals surface area contributed by atoms with Gasteiger partial charge in [-0.15, -0.1) is 0 Å². The Morgan fingerprint density at radius 1 is 1.50 bits per heavy atom. The van der Waals surface area contributed by atoms with Gasteiger partial charge in [0.05, 0.1) is 0 Å². The second-order valence-electron chi connectivity index (χ2n) is 1.92. The Bertz CT molecular complexity index is 157. The highest BCUT2D eigenvalue weighted by molar-refractivity contribution is 5.70. The largest absolute Gasteiger partial charge is 0.429 e. The van der Waals surface area contributed by atoms with Crippen LogP contribution in [0, 0.1) is 0 Å². The van der Waals surface area contributed by atoms with Crippen molar-refractivity contribution in [3.05, 3.63) is 11.6 Å². The minimum atomic E-state index is -0.457. The van der Waals surface area contributed by atoms with Gasteiger partial charge < -0.3 is 4.74 Å². The van der Waals surface area contributed by atoms with E-state index in [2.05, 4.69) is 4.74 Å². The number of halogens is 1. The van der Waals surface area contributed by atoms with Crippen molar-refractivity contribution in [2.45, 2.75) is 27.2 Å². The fraction of sp³-hybridized carbons (Fsp3) is 0.571. The lowest BCUT2D eigenvalue weighted by Gasteiger charge is -2.00. The SMILES string of the molecule is CCC(=O)O/C(C)=C(\C)F. The van der Waals surface area contributed by atoms with E-state index in [-0.39, 0.29) is 12.2 Å². The molecule has 0 aromatic heterocycles. The number of rotatable bonds is 2. The number of esters is 1. The van der Waals surface area contributed by atoms with Crippen LogP contribution in [-0.4, -0.2) is 5.97 Å². The van der Waals surface area contributed by atoms with Gasteiger partial charge in [-0.05, 0) is 13.8 Å². The monoisotopic (exact) mass is 146 g/mol. The summed E-state index contributed by atoms with van der Waals surface area (Å²) in [5.74, 6) is -0.817. The van der Waals surface area contributed by atoms with E-state index in [9.17, 15) is 9.18 Å². The van der Waals surface area contributed by atoms with E-state index in [1.165, 1.54) is 13.8 Å². The van der Waals surface area contributed by atoms with Crippen molar-refractivity contribution < 1.29 is 13.9 Å². The molecule has 10 heavy (non-hydrogen) atoms. The molecule has 0 atom stereocenters. The smallest absolute Gasteiger partial charge is 0.310 e. The Hall–Kier alpha value is -0.860. The fourth-order valence-corrected chi connectivity index (χ4v) is 0.313. The van der Waals surface area contributed by atoms with Gasteiger partial charge in [0.15, 0.2) is 0 Å². The lowest BCUT2D eigenvalue weighted by Crippen LogP contribution is -2.00. The molecule has 0 aliphatic rings. The molecule has 0 aromatic rings. The summed E-state index contributed by atoms with van der Waals surface area (Å²) in [5.41, 5.74) is 0. The molecular formula is C7H11FO2. The van der Waals surface area contributed by atoms with Crippen LogP contribution in [0.4, 0.5) is 4.39 Å². The zero-order chi connectivity index (χ0) is 8.15. The van der Waals surface area contributed by atoms with Crippen LogP contribution in [0.5, 0.6) is 0 Å². The quantitative estimate of drug-likeness (QED) is 0.440. The highest BCUT2D eigenvalue weighted by atomic mass is 19.1. The van der Waals surface area contributed by atoms with Gasteiger partial charge in [0.2, 0.25) is 0 Å². The lowest BCUT2D eigenvalue weighted by molar-refractivity contribution is -0.139. The molecule has 0 saturated carbocycles. The topological polar surface area (TPSA) is 26.3 Å². The molecule has 0 amide bonds. The Morgan fingerprint density at radius 2 is 2.00 bits per heavy atom. The first-order chi connectivity index (χ1) is 4.57.